The highest BCUT2D eigenvalue weighted by molar-refractivity contribution is 7.22. The van der Waals surface area contributed by atoms with E-state index < -0.39 is 0 Å². The Kier molecular flexibility index (Phi) is 4.95. The first-order valence-electron chi connectivity index (χ1n) is 9.27. The van der Waals surface area contributed by atoms with Crippen LogP contribution < -0.4 is 4.90 Å². The summed E-state index contributed by atoms with van der Waals surface area (Å²) >= 11 is 1.52. The number of nitrogens with zero attached hydrogens (tertiary/aromatic N) is 6. The summed E-state index contributed by atoms with van der Waals surface area (Å²) < 4.78 is 4.71. The van der Waals surface area contributed by atoms with Crippen molar-refractivity contribution >= 4 is 32.6 Å². The summed E-state index contributed by atoms with van der Waals surface area (Å²) in [5.41, 5.74) is 3.51. The minimum atomic E-state index is -0.0973. The number of hydrogen-bond acceptors (Lipinski definition) is 5. The van der Waals surface area contributed by atoms with Crippen LogP contribution in [0.2, 0.25) is 0 Å². The molecule has 7 nitrogen and oxygen atoms in total. The molecule has 0 atom stereocenters. The van der Waals surface area contributed by atoms with Gasteiger partial charge in [-0.25, -0.2) is 4.98 Å². The van der Waals surface area contributed by atoms with Crippen LogP contribution in [0.5, 0.6) is 0 Å². The van der Waals surface area contributed by atoms with E-state index in [2.05, 4.69) is 10.2 Å². The van der Waals surface area contributed by atoms with E-state index in [1.165, 1.54) is 11.3 Å². The Morgan fingerprint density at radius 3 is 2.71 bits per heavy atom. The van der Waals surface area contributed by atoms with E-state index in [9.17, 15) is 4.79 Å². The molecule has 0 aliphatic rings. The van der Waals surface area contributed by atoms with E-state index in [0.717, 1.165) is 21.6 Å². The van der Waals surface area contributed by atoms with Crippen LogP contribution in [0.4, 0.5) is 5.13 Å². The molecule has 3 aromatic heterocycles. The predicted molar refractivity (Wildman–Crippen MR) is 111 cm³/mol. The number of anilines is 1. The zero-order valence-electron chi connectivity index (χ0n) is 16.2. The van der Waals surface area contributed by atoms with Gasteiger partial charge in [-0.1, -0.05) is 23.5 Å². The number of aromatic nitrogens is 5. The highest BCUT2D eigenvalue weighted by Gasteiger charge is 2.24. The molecule has 0 aliphatic heterocycles. The Balaban J connectivity index is 1.69. The van der Waals surface area contributed by atoms with Crippen molar-refractivity contribution in [3.05, 3.63) is 59.7 Å². The predicted octanol–water partition coefficient (Wildman–Crippen LogP) is 3.67. The molecule has 0 bridgehead atoms. The van der Waals surface area contributed by atoms with E-state index in [1.54, 1.807) is 21.8 Å². The molecule has 0 saturated heterocycles. The lowest BCUT2D eigenvalue weighted by Gasteiger charge is -2.20. The molecule has 1 amide bonds. The van der Waals surface area contributed by atoms with Gasteiger partial charge in [-0.15, -0.1) is 0 Å². The van der Waals surface area contributed by atoms with Gasteiger partial charge in [0.25, 0.3) is 5.91 Å². The fraction of sp³-hybridized carbons (Fsp3) is 0.300. The summed E-state index contributed by atoms with van der Waals surface area (Å²) in [6.07, 6.45) is 1.66. The monoisotopic (exact) mass is 394 g/mol. The molecule has 0 fully saturated rings. The van der Waals surface area contributed by atoms with Crippen molar-refractivity contribution in [3.63, 3.8) is 0 Å². The van der Waals surface area contributed by atoms with Gasteiger partial charge in [-0.2, -0.15) is 10.2 Å². The molecule has 4 rings (SSSR count). The second kappa shape index (κ2) is 7.55. The molecule has 4 aromatic rings. The number of amides is 1. The quantitative estimate of drug-likeness (QED) is 0.500. The highest BCUT2D eigenvalue weighted by Crippen LogP contribution is 2.29. The standard InChI is InChI=1S/C20H22N6OS/c1-4-25-17(9-10-21-25)19(27)24(11-12-26-15(3)13-14(2)23-26)20-22-16-7-5-6-8-18(16)28-20/h5-10,13H,4,11-12H2,1-3H3. The van der Waals surface area contributed by atoms with Gasteiger partial charge in [0.15, 0.2) is 5.13 Å². The van der Waals surface area contributed by atoms with Crippen LogP contribution >= 0.6 is 11.3 Å². The summed E-state index contributed by atoms with van der Waals surface area (Å²) in [4.78, 5) is 19.8. The molecule has 144 valence electrons. The zero-order chi connectivity index (χ0) is 19.7. The van der Waals surface area contributed by atoms with Crippen LogP contribution in [-0.2, 0) is 13.1 Å². The number of carbonyl (C=O) groups is 1. The fourth-order valence-corrected chi connectivity index (χ4v) is 4.25. The van der Waals surface area contributed by atoms with Gasteiger partial charge in [-0.3, -0.25) is 19.1 Å². The maximum atomic E-state index is 13.4. The van der Waals surface area contributed by atoms with Crippen molar-refractivity contribution in [1.29, 1.82) is 0 Å². The first-order valence-corrected chi connectivity index (χ1v) is 10.1. The SMILES string of the molecule is CCn1nccc1C(=O)N(CCn1nc(C)cc1C)c1nc2ccccc2s1. The summed E-state index contributed by atoms with van der Waals surface area (Å²) in [6.45, 7) is 7.69. The lowest BCUT2D eigenvalue weighted by molar-refractivity contribution is 0.0975. The Hall–Kier alpha value is -3.00. The van der Waals surface area contributed by atoms with Crippen LogP contribution in [0.1, 0.15) is 28.8 Å². The van der Waals surface area contributed by atoms with Gasteiger partial charge in [-0.05, 0) is 45.0 Å². The van der Waals surface area contributed by atoms with Crippen LogP contribution in [-0.4, -0.2) is 37.0 Å². The average Bonchev–Trinajstić information content (AvgIpc) is 3.39. The van der Waals surface area contributed by atoms with E-state index in [0.29, 0.717) is 30.5 Å². The summed E-state index contributed by atoms with van der Waals surface area (Å²) in [5.74, 6) is -0.0973. The molecule has 0 saturated carbocycles. The molecule has 0 spiro atoms. The molecular formula is C20H22N6OS. The van der Waals surface area contributed by atoms with Crippen molar-refractivity contribution in [3.8, 4) is 0 Å². The third-order valence-corrected chi connectivity index (χ3v) is 5.69. The van der Waals surface area contributed by atoms with Gasteiger partial charge >= 0.3 is 0 Å². The van der Waals surface area contributed by atoms with E-state index >= 15 is 0 Å². The largest absolute Gasteiger partial charge is 0.281 e. The topological polar surface area (TPSA) is 68.8 Å². The van der Waals surface area contributed by atoms with Crippen LogP contribution in [0.15, 0.2) is 42.6 Å². The molecule has 0 N–H and O–H groups in total. The van der Waals surface area contributed by atoms with E-state index in [1.807, 2.05) is 55.8 Å². The molecule has 8 heteroatoms. The first-order chi connectivity index (χ1) is 13.6. The maximum absolute atomic E-state index is 13.4. The molecule has 28 heavy (non-hydrogen) atoms. The molecule has 0 radical (unpaired) electrons. The second-order valence-corrected chi connectivity index (χ2v) is 7.61. The van der Waals surface area contributed by atoms with Crippen molar-refractivity contribution < 1.29 is 4.79 Å². The number of hydrogen-bond donors (Lipinski definition) is 0. The highest BCUT2D eigenvalue weighted by atomic mass is 32.1. The van der Waals surface area contributed by atoms with Crippen molar-refractivity contribution in [2.75, 3.05) is 11.4 Å². The van der Waals surface area contributed by atoms with E-state index in [-0.39, 0.29) is 5.91 Å². The molecule has 1 aromatic carbocycles. The van der Waals surface area contributed by atoms with Crippen LogP contribution in [0, 0.1) is 13.8 Å². The van der Waals surface area contributed by atoms with Gasteiger partial charge in [0.1, 0.15) is 5.69 Å². The Labute approximate surface area is 167 Å². The lowest BCUT2D eigenvalue weighted by atomic mass is 10.3. The Bertz CT molecular complexity index is 1090. The summed E-state index contributed by atoms with van der Waals surface area (Å²) in [6, 6.07) is 11.7. The first kappa shape index (κ1) is 18.4. The second-order valence-electron chi connectivity index (χ2n) is 6.60. The lowest BCUT2D eigenvalue weighted by Crippen LogP contribution is -2.35. The number of para-hydroxylation sites is 1. The number of benzene rings is 1. The van der Waals surface area contributed by atoms with E-state index in [4.69, 9.17) is 4.98 Å². The number of thiazole rings is 1. The average molecular weight is 395 g/mol. The van der Waals surface area contributed by atoms with Gasteiger partial charge in [0.05, 0.1) is 22.5 Å². The minimum Gasteiger partial charge on any atom is -0.281 e. The molecule has 3 heterocycles. The Morgan fingerprint density at radius 1 is 1.18 bits per heavy atom. The normalized spacial score (nSPS) is 11.2. The molecular weight excluding hydrogens is 372 g/mol. The third kappa shape index (κ3) is 3.43. The van der Waals surface area contributed by atoms with Crippen LogP contribution in [0.25, 0.3) is 10.2 Å². The smallest absolute Gasteiger partial charge is 0.278 e. The van der Waals surface area contributed by atoms with Crippen molar-refractivity contribution in [2.24, 2.45) is 0 Å². The summed E-state index contributed by atoms with van der Waals surface area (Å²) in [7, 11) is 0. The summed E-state index contributed by atoms with van der Waals surface area (Å²) in [5, 5.41) is 9.45. The van der Waals surface area contributed by atoms with Crippen LogP contribution in [0.3, 0.4) is 0 Å². The maximum Gasteiger partial charge on any atom is 0.278 e. The van der Waals surface area contributed by atoms with Gasteiger partial charge in [0, 0.05) is 25.0 Å². The molecule has 0 aliphatic carbocycles. The number of rotatable bonds is 6. The van der Waals surface area contributed by atoms with Gasteiger partial charge in [0.2, 0.25) is 0 Å². The minimum absolute atomic E-state index is 0.0973. The zero-order valence-corrected chi connectivity index (χ0v) is 17.0. The number of carbonyl (C=O) groups excluding carboxylic acids is 1. The third-order valence-electron chi connectivity index (χ3n) is 4.63. The number of fused-ring (bicyclic) bond motifs is 1. The van der Waals surface area contributed by atoms with Gasteiger partial charge < -0.3 is 0 Å². The van der Waals surface area contributed by atoms with Crippen molar-refractivity contribution in [1.82, 2.24) is 24.5 Å². The van der Waals surface area contributed by atoms with Crippen molar-refractivity contribution in [2.45, 2.75) is 33.9 Å². The molecule has 0 unspecified atom stereocenters. The number of aryl methyl sites for hydroxylation is 3. The Morgan fingerprint density at radius 2 is 2.00 bits per heavy atom. The fourth-order valence-electron chi connectivity index (χ4n) is 3.26.